The van der Waals surface area contributed by atoms with E-state index in [2.05, 4.69) is 5.10 Å². The Kier molecular flexibility index (Phi) is 5.84. The van der Waals surface area contributed by atoms with Crippen LogP contribution in [0.4, 0.5) is 8.78 Å². The molecule has 7 heteroatoms. The van der Waals surface area contributed by atoms with Crippen LogP contribution in [0.2, 0.25) is 0 Å². The van der Waals surface area contributed by atoms with Crippen molar-refractivity contribution < 1.29 is 18.7 Å². The van der Waals surface area contributed by atoms with E-state index in [9.17, 15) is 18.7 Å². The highest BCUT2D eigenvalue weighted by atomic mass is 19.3. The highest BCUT2D eigenvalue weighted by molar-refractivity contribution is 5.94. The number of carbonyl (C=O) groups excluding carboxylic acids is 1. The largest absolute Gasteiger partial charge is 0.386 e. The van der Waals surface area contributed by atoms with E-state index in [-0.39, 0.29) is 24.8 Å². The van der Waals surface area contributed by atoms with Gasteiger partial charge in [-0.05, 0) is 38.8 Å². The number of piperidine rings is 1. The molecule has 1 N–H and O–H groups in total. The van der Waals surface area contributed by atoms with Crippen LogP contribution in [0.15, 0.2) is 42.7 Å². The molecule has 1 saturated heterocycles. The molecule has 1 atom stereocenters. The molecule has 1 aliphatic carbocycles. The minimum absolute atomic E-state index is 0.0742. The predicted octanol–water partition coefficient (Wildman–Crippen LogP) is 4.00. The number of carbonyl (C=O) groups is 1. The molecule has 1 amide bonds. The number of aromatic nitrogens is 2. The molecule has 0 radical (unpaired) electrons. The Bertz CT molecular complexity index is 793. The molecule has 2 aromatic rings. The first-order valence-electron chi connectivity index (χ1n) is 9.65. The summed E-state index contributed by atoms with van der Waals surface area (Å²) in [5.74, 6) is -2.18. The number of alkyl halides is 2. The lowest BCUT2D eigenvalue weighted by Crippen LogP contribution is -2.40. The van der Waals surface area contributed by atoms with Crippen LogP contribution in [0.3, 0.4) is 0 Å². The number of hydrogen-bond donors (Lipinski definition) is 1. The maximum absolute atomic E-state index is 12.6. The summed E-state index contributed by atoms with van der Waals surface area (Å²) in [7, 11) is 0. The average molecular weight is 391 g/mol. The molecular weight excluding hydrogens is 364 g/mol. The molecule has 1 aromatic heterocycles. The molecule has 28 heavy (non-hydrogen) atoms. The van der Waals surface area contributed by atoms with Gasteiger partial charge in [0.25, 0.3) is 5.91 Å². The van der Waals surface area contributed by atoms with E-state index in [0.29, 0.717) is 6.54 Å². The second kappa shape index (κ2) is 7.99. The van der Waals surface area contributed by atoms with Crippen molar-refractivity contribution >= 4 is 5.91 Å². The second-order valence-corrected chi connectivity index (χ2v) is 8.04. The molecule has 0 bridgehead atoms. The van der Waals surface area contributed by atoms with Gasteiger partial charge in [0.05, 0.1) is 17.8 Å². The fourth-order valence-corrected chi connectivity index (χ4v) is 3.07. The van der Waals surface area contributed by atoms with Crippen molar-refractivity contribution in [3.05, 3.63) is 53.9 Å². The number of hydrogen-bond acceptors (Lipinski definition) is 3. The molecule has 152 valence electrons. The zero-order valence-electron chi connectivity index (χ0n) is 16.3. The molecule has 2 fully saturated rings. The second-order valence-electron chi connectivity index (χ2n) is 8.04. The first-order valence-corrected chi connectivity index (χ1v) is 9.65. The summed E-state index contributed by atoms with van der Waals surface area (Å²) in [5.41, 5.74) is 0.627. The third kappa shape index (κ3) is 5.38. The van der Waals surface area contributed by atoms with Gasteiger partial charge in [-0.1, -0.05) is 18.2 Å². The predicted molar refractivity (Wildman–Crippen MR) is 102 cm³/mol. The van der Waals surface area contributed by atoms with Crippen molar-refractivity contribution in [3.8, 4) is 0 Å². The van der Waals surface area contributed by atoms with Gasteiger partial charge in [-0.15, -0.1) is 0 Å². The topological polar surface area (TPSA) is 58.4 Å². The summed E-state index contributed by atoms with van der Waals surface area (Å²) in [6.45, 7) is 4.94. The van der Waals surface area contributed by atoms with Crippen LogP contribution < -0.4 is 0 Å². The summed E-state index contributed by atoms with van der Waals surface area (Å²) >= 11 is 0. The van der Waals surface area contributed by atoms with E-state index in [1.165, 1.54) is 0 Å². The third-order valence-corrected chi connectivity index (χ3v) is 5.01. The van der Waals surface area contributed by atoms with Crippen molar-refractivity contribution in [1.82, 2.24) is 14.7 Å². The van der Waals surface area contributed by atoms with Crippen LogP contribution in [-0.4, -0.2) is 44.7 Å². The highest BCUT2D eigenvalue weighted by Gasteiger charge is 2.43. The van der Waals surface area contributed by atoms with Crippen LogP contribution in [0.5, 0.6) is 0 Å². The van der Waals surface area contributed by atoms with E-state index in [1.54, 1.807) is 20.0 Å². The number of nitrogens with zero attached hydrogens (tertiary/aromatic N) is 3. The lowest BCUT2D eigenvalue weighted by atomic mass is 10.0. The fourth-order valence-electron chi connectivity index (χ4n) is 3.07. The number of aliphatic hydroxyl groups is 1. The summed E-state index contributed by atoms with van der Waals surface area (Å²) < 4.78 is 24.2. The monoisotopic (exact) mass is 391 g/mol. The average Bonchev–Trinajstić information content (AvgIpc) is 3.16. The Labute approximate surface area is 164 Å². The minimum Gasteiger partial charge on any atom is -0.386 e. The lowest BCUT2D eigenvalue weighted by molar-refractivity contribution is 0.0668. The van der Waals surface area contributed by atoms with Gasteiger partial charge in [-0.2, -0.15) is 5.10 Å². The van der Waals surface area contributed by atoms with Gasteiger partial charge < -0.3 is 10.0 Å². The van der Waals surface area contributed by atoms with E-state index in [4.69, 9.17) is 0 Å². The normalized spacial score (nSPS) is 20.9. The first-order chi connectivity index (χ1) is 13.2. The highest BCUT2D eigenvalue weighted by Crippen LogP contribution is 2.40. The quantitative estimate of drug-likeness (QED) is 0.860. The summed E-state index contributed by atoms with van der Waals surface area (Å²) in [4.78, 5) is 14.5. The summed E-state index contributed by atoms with van der Waals surface area (Å²) in [6.07, 6.45) is 5.78. The van der Waals surface area contributed by atoms with Gasteiger partial charge in [-0.25, -0.2) is 8.78 Å². The Morgan fingerprint density at radius 1 is 1.25 bits per heavy atom. The fraction of sp³-hybridized carbons (Fsp3) is 0.524. The standard InChI is InChI=1S/C18H23N3O2.C3H4F2/c1-18(2,23)15-11-19-21(12-15)16-9-6-10-20(13-16)17(22)14-7-4-3-5-8-14;4-3(5)1-2-3/h3-5,7-8,11-12,16,23H,6,9-10,13H2,1-2H3;1-2H2/t16-;/m1./s1. The van der Waals surface area contributed by atoms with Gasteiger partial charge >= 0.3 is 0 Å². The zero-order chi connectivity index (χ0) is 20.4. The molecule has 2 heterocycles. The zero-order valence-corrected chi connectivity index (χ0v) is 16.3. The van der Waals surface area contributed by atoms with Crippen molar-refractivity contribution in [2.45, 2.75) is 57.1 Å². The number of halogens is 2. The molecule has 5 nitrogen and oxygen atoms in total. The van der Waals surface area contributed by atoms with Crippen molar-refractivity contribution in [2.24, 2.45) is 0 Å². The van der Waals surface area contributed by atoms with Gasteiger partial charge in [-0.3, -0.25) is 9.48 Å². The molecule has 0 spiro atoms. The van der Waals surface area contributed by atoms with E-state index >= 15 is 0 Å². The SMILES string of the molecule is CC(C)(O)c1cnn([C@@H]2CCCN(C(=O)c3ccccc3)C2)c1.FC1(F)CC1. The first kappa shape index (κ1) is 20.5. The molecule has 1 aromatic carbocycles. The smallest absolute Gasteiger partial charge is 0.253 e. The number of amides is 1. The van der Waals surface area contributed by atoms with E-state index in [0.717, 1.165) is 30.5 Å². The van der Waals surface area contributed by atoms with Crippen LogP contribution in [-0.2, 0) is 5.60 Å². The molecule has 4 rings (SSSR count). The van der Waals surface area contributed by atoms with Crippen LogP contribution >= 0.6 is 0 Å². The molecule has 2 aliphatic rings. The van der Waals surface area contributed by atoms with Crippen molar-refractivity contribution in [1.29, 1.82) is 0 Å². The van der Waals surface area contributed by atoms with Crippen molar-refractivity contribution in [3.63, 3.8) is 0 Å². The van der Waals surface area contributed by atoms with Gasteiger partial charge in [0.2, 0.25) is 5.92 Å². The number of likely N-dealkylation sites (tertiary alicyclic amines) is 1. The van der Waals surface area contributed by atoms with Crippen LogP contribution in [0, 0.1) is 0 Å². The Hall–Kier alpha value is -2.28. The number of rotatable bonds is 3. The number of benzene rings is 1. The molecular formula is C21H27F2N3O2. The maximum Gasteiger partial charge on any atom is 0.253 e. The summed E-state index contributed by atoms with van der Waals surface area (Å²) in [5, 5.41) is 14.5. The Morgan fingerprint density at radius 3 is 2.43 bits per heavy atom. The maximum atomic E-state index is 12.6. The van der Waals surface area contributed by atoms with Gasteiger partial charge in [0.1, 0.15) is 0 Å². The summed E-state index contributed by atoms with van der Waals surface area (Å²) in [6, 6.07) is 9.55. The Balaban J connectivity index is 0.000000391. The van der Waals surface area contributed by atoms with E-state index < -0.39 is 11.5 Å². The van der Waals surface area contributed by atoms with Gasteiger partial charge in [0.15, 0.2) is 0 Å². The molecule has 1 aliphatic heterocycles. The molecule has 1 saturated carbocycles. The molecule has 0 unspecified atom stereocenters. The van der Waals surface area contributed by atoms with Crippen LogP contribution in [0.25, 0.3) is 0 Å². The minimum atomic E-state index is -2.25. The van der Waals surface area contributed by atoms with Crippen LogP contribution in [0.1, 0.15) is 61.5 Å². The van der Waals surface area contributed by atoms with Crippen molar-refractivity contribution in [2.75, 3.05) is 13.1 Å². The lowest BCUT2D eigenvalue weighted by Gasteiger charge is -2.33. The van der Waals surface area contributed by atoms with E-state index in [1.807, 2.05) is 46.1 Å². The Morgan fingerprint density at radius 2 is 1.89 bits per heavy atom. The third-order valence-electron chi connectivity index (χ3n) is 5.01. The van der Waals surface area contributed by atoms with Gasteiger partial charge in [0, 0.05) is 43.3 Å².